The predicted octanol–water partition coefficient (Wildman–Crippen LogP) is 1.98. The lowest BCUT2D eigenvalue weighted by Gasteiger charge is -2.05. The van der Waals surface area contributed by atoms with Crippen LogP contribution in [-0.2, 0) is 4.79 Å². The van der Waals surface area contributed by atoms with Gasteiger partial charge in [0.05, 0.1) is 9.85 Å². The van der Waals surface area contributed by atoms with E-state index in [0.29, 0.717) is 5.56 Å². The van der Waals surface area contributed by atoms with Crippen molar-refractivity contribution in [2.45, 2.75) is 0 Å². The third-order valence-corrected chi connectivity index (χ3v) is 3.15. The van der Waals surface area contributed by atoms with E-state index in [1.54, 1.807) is 6.07 Å². The quantitative estimate of drug-likeness (QED) is 0.476. The number of nitro benzene ring substituents is 2. The average molecular weight is 356 g/mol. The van der Waals surface area contributed by atoms with Gasteiger partial charge in [-0.2, -0.15) is 0 Å². The highest BCUT2D eigenvalue weighted by Crippen LogP contribution is 2.14. The minimum atomic E-state index is -0.660. The van der Waals surface area contributed by atoms with Crippen LogP contribution in [0.4, 0.5) is 11.4 Å². The predicted molar refractivity (Wildman–Crippen MR) is 90.8 cm³/mol. The van der Waals surface area contributed by atoms with Crippen LogP contribution < -0.4 is 10.9 Å². The molecule has 2 rings (SSSR count). The summed E-state index contributed by atoms with van der Waals surface area (Å²) in [4.78, 5) is 43.6. The van der Waals surface area contributed by atoms with Gasteiger partial charge < -0.3 is 0 Å². The second-order valence-corrected chi connectivity index (χ2v) is 4.93. The Morgan fingerprint density at radius 1 is 0.885 bits per heavy atom. The smallest absolute Gasteiger partial charge is 0.268 e. The molecule has 0 radical (unpaired) electrons. The van der Waals surface area contributed by atoms with Crippen molar-refractivity contribution in [3.05, 3.63) is 86.0 Å². The Hall–Kier alpha value is -4.08. The first kappa shape index (κ1) is 18.3. The van der Waals surface area contributed by atoms with Crippen LogP contribution in [0.15, 0.2) is 54.6 Å². The molecule has 0 bridgehead atoms. The normalized spacial score (nSPS) is 10.3. The van der Waals surface area contributed by atoms with Crippen LogP contribution in [0.5, 0.6) is 0 Å². The fraction of sp³-hybridized carbons (Fsp3) is 0. The minimum Gasteiger partial charge on any atom is -0.268 e. The van der Waals surface area contributed by atoms with Crippen molar-refractivity contribution in [3.8, 4) is 0 Å². The Bertz CT molecular complexity index is 892. The minimum absolute atomic E-state index is 0.112. The highest BCUT2D eigenvalue weighted by atomic mass is 16.6. The number of hydrazine groups is 1. The summed E-state index contributed by atoms with van der Waals surface area (Å²) in [6.45, 7) is 0. The third kappa shape index (κ3) is 4.96. The van der Waals surface area contributed by atoms with E-state index in [1.807, 2.05) is 0 Å². The molecule has 0 saturated carbocycles. The van der Waals surface area contributed by atoms with Crippen LogP contribution in [0.25, 0.3) is 6.08 Å². The average Bonchev–Trinajstić information content (AvgIpc) is 2.64. The summed E-state index contributed by atoms with van der Waals surface area (Å²) in [6, 6.07) is 10.5. The van der Waals surface area contributed by atoms with Crippen molar-refractivity contribution in [2.24, 2.45) is 0 Å². The van der Waals surface area contributed by atoms with E-state index >= 15 is 0 Å². The first-order valence-electron chi connectivity index (χ1n) is 7.14. The monoisotopic (exact) mass is 356 g/mol. The van der Waals surface area contributed by atoms with Crippen molar-refractivity contribution < 1.29 is 19.4 Å². The van der Waals surface area contributed by atoms with Gasteiger partial charge in [0.15, 0.2) is 0 Å². The van der Waals surface area contributed by atoms with Crippen LogP contribution in [0.1, 0.15) is 15.9 Å². The molecular weight excluding hydrogens is 344 g/mol. The van der Waals surface area contributed by atoms with Gasteiger partial charge in [0.25, 0.3) is 23.2 Å². The fourth-order valence-electron chi connectivity index (χ4n) is 1.88. The highest BCUT2D eigenvalue weighted by Gasteiger charge is 2.09. The van der Waals surface area contributed by atoms with Gasteiger partial charge in [-0.25, -0.2) is 0 Å². The number of rotatable bonds is 5. The van der Waals surface area contributed by atoms with E-state index in [0.717, 1.165) is 6.08 Å². The molecule has 0 spiro atoms. The van der Waals surface area contributed by atoms with Gasteiger partial charge in [0, 0.05) is 35.9 Å². The van der Waals surface area contributed by atoms with E-state index in [4.69, 9.17) is 0 Å². The standard InChI is InChI=1S/C16H12N4O6/c21-15(9-4-11-2-1-3-14(10-11)20(25)26)17-18-16(22)12-5-7-13(8-6-12)19(23)24/h1-10H,(H,17,21)(H,18,22). The number of amides is 2. The molecule has 0 aliphatic heterocycles. The maximum absolute atomic E-state index is 11.8. The number of non-ortho nitro benzene ring substituents is 2. The molecule has 2 aromatic carbocycles. The Morgan fingerprint density at radius 2 is 1.54 bits per heavy atom. The van der Waals surface area contributed by atoms with Crippen molar-refractivity contribution in [3.63, 3.8) is 0 Å². The molecular formula is C16H12N4O6. The first-order chi connectivity index (χ1) is 12.4. The largest absolute Gasteiger partial charge is 0.270 e. The molecule has 2 N–H and O–H groups in total. The first-order valence-corrected chi connectivity index (χ1v) is 7.14. The maximum Gasteiger partial charge on any atom is 0.270 e. The number of carbonyl (C=O) groups excluding carboxylic acids is 2. The van der Waals surface area contributed by atoms with E-state index in [1.165, 1.54) is 48.5 Å². The Kier molecular flexibility index (Phi) is 5.72. The van der Waals surface area contributed by atoms with Crippen LogP contribution in [0.2, 0.25) is 0 Å². The van der Waals surface area contributed by atoms with Gasteiger partial charge in [-0.1, -0.05) is 12.1 Å². The summed E-state index contributed by atoms with van der Waals surface area (Å²) in [5.74, 6) is -1.32. The molecule has 0 aliphatic rings. The van der Waals surface area contributed by atoms with Gasteiger partial charge in [-0.05, 0) is 23.8 Å². The molecule has 0 aliphatic carbocycles. The van der Waals surface area contributed by atoms with Gasteiger partial charge in [-0.15, -0.1) is 0 Å². The third-order valence-electron chi connectivity index (χ3n) is 3.15. The van der Waals surface area contributed by atoms with Crippen molar-refractivity contribution >= 4 is 29.3 Å². The second-order valence-electron chi connectivity index (χ2n) is 4.93. The lowest BCUT2D eigenvalue weighted by atomic mass is 10.2. The number of nitro groups is 2. The van der Waals surface area contributed by atoms with Gasteiger partial charge >= 0.3 is 0 Å². The van der Waals surface area contributed by atoms with Gasteiger partial charge in [0.1, 0.15) is 0 Å². The van der Waals surface area contributed by atoms with Gasteiger partial charge in [-0.3, -0.25) is 40.7 Å². The molecule has 0 heterocycles. The highest BCUT2D eigenvalue weighted by molar-refractivity contribution is 5.98. The number of hydrogen-bond donors (Lipinski definition) is 2. The van der Waals surface area contributed by atoms with Crippen LogP contribution in [0.3, 0.4) is 0 Å². The maximum atomic E-state index is 11.8. The van der Waals surface area contributed by atoms with Crippen molar-refractivity contribution in [2.75, 3.05) is 0 Å². The van der Waals surface area contributed by atoms with Crippen LogP contribution in [-0.4, -0.2) is 21.7 Å². The molecule has 0 saturated heterocycles. The molecule has 26 heavy (non-hydrogen) atoms. The number of nitrogens with zero attached hydrogens (tertiary/aromatic N) is 2. The Labute approximate surface area is 146 Å². The number of nitrogens with one attached hydrogen (secondary N) is 2. The SMILES string of the molecule is O=C(C=Cc1cccc([N+](=O)[O-])c1)NNC(=O)c1ccc([N+](=O)[O-])cc1. The van der Waals surface area contributed by atoms with Crippen LogP contribution in [0, 0.1) is 20.2 Å². The molecule has 10 nitrogen and oxygen atoms in total. The van der Waals surface area contributed by atoms with E-state index in [-0.39, 0.29) is 16.9 Å². The fourth-order valence-corrected chi connectivity index (χ4v) is 1.88. The molecule has 0 fully saturated rings. The molecule has 2 amide bonds. The zero-order valence-electron chi connectivity index (χ0n) is 13.1. The topological polar surface area (TPSA) is 144 Å². The molecule has 10 heteroatoms. The lowest BCUT2D eigenvalue weighted by molar-refractivity contribution is -0.385. The molecule has 0 atom stereocenters. The Morgan fingerprint density at radius 3 is 2.15 bits per heavy atom. The second kappa shape index (κ2) is 8.15. The summed E-state index contributed by atoms with van der Waals surface area (Å²) >= 11 is 0. The summed E-state index contributed by atoms with van der Waals surface area (Å²) in [7, 11) is 0. The zero-order chi connectivity index (χ0) is 19.1. The molecule has 0 unspecified atom stereocenters. The Balaban J connectivity index is 1.91. The molecule has 132 valence electrons. The summed E-state index contributed by atoms with van der Waals surface area (Å²) < 4.78 is 0. The van der Waals surface area contributed by atoms with Gasteiger partial charge in [0.2, 0.25) is 0 Å². The molecule has 0 aromatic heterocycles. The van der Waals surface area contributed by atoms with E-state index in [2.05, 4.69) is 10.9 Å². The van der Waals surface area contributed by atoms with Crippen LogP contribution >= 0.6 is 0 Å². The van der Waals surface area contributed by atoms with E-state index < -0.39 is 21.7 Å². The zero-order valence-corrected chi connectivity index (χ0v) is 13.1. The summed E-state index contributed by atoms with van der Waals surface area (Å²) in [6.07, 6.45) is 2.44. The van der Waals surface area contributed by atoms with E-state index in [9.17, 15) is 29.8 Å². The van der Waals surface area contributed by atoms with Crippen molar-refractivity contribution in [1.82, 2.24) is 10.9 Å². The van der Waals surface area contributed by atoms with Crippen molar-refractivity contribution in [1.29, 1.82) is 0 Å². The molecule has 2 aromatic rings. The lowest BCUT2D eigenvalue weighted by Crippen LogP contribution is -2.40. The number of carbonyl (C=O) groups is 2. The number of benzene rings is 2. The summed E-state index contributed by atoms with van der Waals surface area (Å²) in [5, 5.41) is 21.2. The number of hydrogen-bond acceptors (Lipinski definition) is 6. The summed E-state index contributed by atoms with van der Waals surface area (Å²) in [5.41, 5.74) is 4.57.